The number of rotatable bonds is 0. The lowest BCUT2D eigenvalue weighted by Gasteiger charge is -1.65. The first-order valence-corrected chi connectivity index (χ1v) is 5.94. The number of hydrogen-bond acceptors (Lipinski definition) is 2. The Morgan fingerprint density at radius 2 is 1.50 bits per heavy atom. The molecule has 0 aromatic heterocycles. The Balaban J connectivity index is 0. The zero-order valence-electron chi connectivity index (χ0n) is 4.55. The third kappa shape index (κ3) is 529. The second-order valence-electron chi connectivity index (χ2n) is 0.912. The van der Waals surface area contributed by atoms with E-state index in [1.807, 2.05) is 0 Å². The van der Waals surface area contributed by atoms with E-state index in [0.29, 0.717) is 0 Å². The highest BCUT2D eigenvalue weighted by Crippen LogP contribution is 1.84. The Labute approximate surface area is 55.5 Å². The van der Waals surface area contributed by atoms with E-state index < -0.39 is 9.33 Å². The van der Waals surface area contributed by atoms with Gasteiger partial charge in [0.1, 0.15) is 0 Å². The molecule has 3 nitrogen and oxygen atoms in total. The molecule has 8 heavy (non-hydrogen) atoms. The maximum absolute atomic E-state index is 8.95. The van der Waals surface area contributed by atoms with Crippen LogP contribution in [-0.2, 0) is 9.33 Å². The standard InChI is InChI=1S/C2H7P.ClHO3S/c1-3-2;1-5(2,3)4/h3H,1-2H3;(H,2,3,4). The molecule has 52 valence electrons. The Kier molecular flexibility index (Phi) is 8.23. The van der Waals surface area contributed by atoms with Crippen molar-refractivity contribution in [3.63, 3.8) is 0 Å². The Morgan fingerprint density at radius 3 is 1.50 bits per heavy atom. The maximum Gasteiger partial charge on any atom is 0.353 e. The van der Waals surface area contributed by atoms with Gasteiger partial charge >= 0.3 is 9.33 Å². The second-order valence-corrected chi connectivity index (χ2v) is 3.91. The van der Waals surface area contributed by atoms with Gasteiger partial charge in [-0.25, -0.2) is 0 Å². The molecule has 0 rings (SSSR count). The van der Waals surface area contributed by atoms with Crippen molar-refractivity contribution in [1.82, 2.24) is 0 Å². The molecule has 6 heteroatoms. The van der Waals surface area contributed by atoms with Crippen molar-refractivity contribution in [3.8, 4) is 0 Å². The first kappa shape index (κ1) is 11.4. The fourth-order valence-corrected chi connectivity index (χ4v) is 0. The summed E-state index contributed by atoms with van der Waals surface area (Å²) in [6, 6.07) is 0. The highest BCUT2D eigenvalue weighted by Gasteiger charge is 1.86. The minimum atomic E-state index is -4.19. The van der Waals surface area contributed by atoms with Gasteiger partial charge in [0.05, 0.1) is 0 Å². The predicted molar refractivity (Wildman–Crippen MR) is 37.6 cm³/mol. The zero-order chi connectivity index (χ0) is 7.21. The molecule has 0 saturated heterocycles. The van der Waals surface area contributed by atoms with Gasteiger partial charge in [-0.3, -0.25) is 4.55 Å². The summed E-state index contributed by atoms with van der Waals surface area (Å²) in [4.78, 5) is 0. The van der Waals surface area contributed by atoms with Gasteiger partial charge < -0.3 is 0 Å². The zero-order valence-corrected chi connectivity index (χ0v) is 7.12. The molecule has 0 fully saturated rings. The highest BCUT2D eigenvalue weighted by molar-refractivity contribution is 8.09. The molecule has 0 amide bonds. The van der Waals surface area contributed by atoms with Crippen LogP contribution < -0.4 is 0 Å². The van der Waals surface area contributed by atoms with Gasteiger partial charge in [-0.2, -0.15) is 8.42 Å². The summed E-state index contributed by atoms with van der Waals surface area (Å²) in [7, 11) is 0.947. The molecular weight excluding hydrogens is 171 g/mol. The summed E-state index contributed by atoms with van der Waals surface area (Å²) in [6.07, 6.45) is 0. The fourth-order valence-electron chi connectivity index (χ4n) is 0. The normalized spacial score (nSPS) is 9.50. The smallest absolute Gasteiger partial charge is 0.273 e. The van der Waals surface area contributed by atoms with E-state index in [0.717, 1.165) is 8.58 Å². The van der Waals surface area contributed by atoms with Crippen molar-refractivity contribution in [3.05, 3.63) is 0 Å². The van der Waals surface area contributed by atoms with E-state index in [-0.39, 0.29) is 0 Å². The van der Waals surface area contributed by atoms with E-state index in [1.165, 1.54) is 0 Å². The van der Waals surface area contributed by atoms with Gasteiger partial charge in [0.2, 0.25) is 0 Å². The lowest BCUT2D eigenvalue weighted by molar-refractivity contribution is 0.501. The van der Waals surface area contributed by atoms with Crippen LogP contribution in [0, 0.1) is 0 Å². The SMILES string of the molecule is CPC.O=S(=O)(O)Cl. The molecule has 0 atom stereocenters. The summed E-state index contributed by atoms with van der Waals surface area (Å²) < 4.78 is 25.2. The minimum absolute atomic E-state index is 1.08. The van der Waals surface area contributed by atoms with Crippen LogP contribution in [0.5, 0.6) is 0 Å². The van der Waals surface area contributed by atoms with Crippen molar-refractivity contribution in [2.24, 2.45) is 0 Å². The van der Waals surface area contributed by atoms with Crippen LogP contribution in [0.1, 0.15) is 0 Å². The number of halogens is 1. The molecule has 0 aliphatic carbocycles. The monoisotopic (exact) mass is 178 g/mol. The topological polar surface area (TPSA) is 54.4 Å². The van der Waals surface area contributed by atoms with Crippen LogP contribution >= 0.6 is 19.3 Å². The van der Waals surface area contributed by atoms with E-state index in [1.54, 1.807) is 0 Å². The largest absolute Gasteiger partial charge is 0.353 e. The summed E-state index contributed by atoms with van der Waals surface area (Å²) in [5, 5.41) is 0. The highest BCUT2D eigenvalue weighted by atomic mass is 35.7. The van der Waals surface area contributed by atoms with E-state index in [9.17, 15) is 0 Å². The van der Waals surface area contributed by atoms with Gasteiger partial charge in [0, 0.05) is 10.7 Å². The molecule has 0 bridgehead atoms. The van der Waals surface area contributed by atoms with Crippen LogP contribution in [0.2, 0.25) is 0 Å². The molecular formula is C2H8ClO3PS. The molecule has 0 saturated carbocycles. The van der Waals surface area contributed by atoms with Gasteiger partial charge in [-0.15, -0.1) is 8.58 Å². The average Bonchev–Trinajstić information content (AvgIpc) is 1.27. The lowest BCUT2D eigenvalue weighted by Crippen LogP contribution is -1.77. The molecule has 0 unspecified atom stereocenters. The molecule has 0 aromatic carbocycles. The lowest BCUT2D eigenvalue weighted by atomic mass is 11.9. The Hall–Kier alpha value is 0.630. The van der Waals surface area contributed by atoms with Crippen molar-refractivity contribution in [2.75, 3.05) is 13.3 Å². The van der Waals surface area contributed by atoms with Crippen molar-refractivity contribution >= 4 is 28.6 Å². The minimum Gasteiger partial charge on any atom is -0.273 e. The van der Waals surface area contributed by atoms with E-state index in [2.05, 4.69) is 24.0 Å². The van der Waals surface area contributed by atoms with Gasteiger partial charge in [-0.1, -0.05) is 0 Å². The summed E-state index contributed by atoms with van der Waals surface area (Å²) in [6.45, 7) is 4.31. The molecule has 1 N–H and O–H groups in total. The molecule has 0 aliphatic rings. The van der Waals surface area contributed by atoms with E-state index in [4.69, 9.17) is 13.0 Å². The first-order valence-electron chi connectivity index (χ1n) is 1.67. The van der Waals surface area contributed by atoms with Crippen molar-refractivity contribution < 1.29 is 13.0 Å². The van der Waals surface area contributed by atoms with Crippen LogP contribution in [0.15, 0.2) is 0 Å². The Bertz CT molecular complexity index is 111. The quantitative estimate of drug-likeness (QED) is 0.341. The molecule has 0 aliphatic heterocycles. The van der Waals surface area contributed by atoms with Crippen LogP contribution in [0.4, 0.5) is 0 Å². The third-order valence-electron chi connectivity index (χ3n) is 0. The van der Waals surface area contributed by atoms with E-state index >= 15 is 0 Å². The van der Waals surface area contributed by atoms with Crippen LogP contribution in [0.3, 0.4) is 0 Å². The maximum atomic E-state index is 8.95. The summed E-state index contributed by atoms with van der Waals surface area (Å²) in [5.41, 5.74) is 0. The summed E-state index contributed by atoms with van der Waals surface area (Å²) in [5.74, 6) is 0. The van der Waals surface area contributed by atoms with Gasteiger partial charge in [-0.05, 0) is 13.3 Å². The Morgan fingerprint density at radius 1 is 1.50 bits per heavy atom. The molecule has 0 heterocycles. The van der Waals surface area contributed by atoms with Crippen molar-refractivity contribution in [2.45, 2.75) is 0 Å². The second kappa shape index (κ2) is 5.76. The molecule has 0 aromatic rings. The van der Waals surface area contributed by atoms with Gasteiger partial charge in [0.25, 0.3) is 0 Å². The van der Waals surface area contributed by atoms with Crippen LogP contribution in [0.25, 0.3) is 0 Å². The first-order chi connectivity index (χ1) is 3.41. The predicted octanol–water partition coefficient (Wildman–Crippen LogP) is 0.952. The van der Waals surface area contributed by atoms with Crippen molar-refractivity contribution in [1.29, 1.82) is 0 Å². The fraction of sp³-hybridized carbons (Fsp3) is 1.00. The molecule has 0 radical (unpaired) electrons. The number of hydrogen-bond donors (Lipinski definition) is 1. The molecule has 0 spiro atoms. The summed E-state index contributed by atoms with van der Waals surface area (Å²) >= 11 is 0. The average molecular weight is 179 g/mol. The van der Waals surface area contributed by atoms with Gasteiger partial charge in [0.15, 0.2) is 0 Å². The third-order valence-corrected chi connectivity index (χ3v) is 0. The van der Waals surface area contributed by atoms with Crippen LogP contribution in [-0.4, -0.2) is 26.3 Å².